The molecular formula is C13H20N2OS. The van der Waals surface area contributed by atoms with E-state index in [0.717, 1.165) is 12.2 Å². The fraction of sp³-hybridized carbons (Fsp3) is 0.462. The molecule has 94 valence electrons. The Morgan fingerprint density at radius 2 is 2.06 bits per heavy atom. The number of carbonyl (C=O) groups excluding carboxylic acids is 1. The lowest BCUT2D eigenvalue weighted by Gasteiger charge is -2.18. The van der Waals surface area contributed by atoms with Gasteiger partial charge in [-0.3, -0.25) is 4.79 Å². The fourth-order valence-electron chi connectivity index (χ4n) is 1.31. The highest BCUT2D eigenvalue weighted by atomic mass is 32.2. The molecule has 0 heterocycles. The number of amides is 1. The highest BCUT2D eigenvalue weighted by molar-refractivity contribution is 7.99. The van der Waals surface area contributed by atoms with Crippen molar-refractivity contribution >= 4 is 17.7 Å². The smallest absolute Gasteiger partial charge is 0.236 e. The van der Waals surface area contributed by atoms with Crippen molar-refractivity contribution in [3.8, 4) is 0 Å². The van der Waals surface area contributed by atoms with E-state index in [1.165, 1.54) is 4.90 Å². The Labute approximate surface area is 107 Å². The zero-order valence-corrected chi connectivity index (χ0v) is 11.2. The van der Waals surface area contributed by atoms with Gasteiger partial charge in [0.2, 0.25) is 5.91 Å². The second kappa shape index (κ2) is 7.35. The maximum atomic E-state index is 11.5. The van der Waals surface area contributed by atoms with Crippen LogP contribution in [0.15, 0.2) is 35.2 Å². The third-order valence-corrected chi connectivity index (χ3v) is 3.62. The zero-order valence-electron chi connectivity index (χ0n) is 10.3. The Morgan fingerprint density at radius 3 is 2.59 bits per heavy atom. The van der Waals surface area contributed by atoms with Crippen LogP contribution in [0.1, 0.15) is 20.3 Å². The van der Waals surface area contributed by atoms with Crippen LogP contribution in [0.4, 0.5) is 0 Å². The monoisotopic (exact) mass is 252 g/mol. The average Bonchev–Trinajstić information content (AvgIpc) is 2.35. The van der Waals surface area contributed by atoms with Crippen LogP contribution in [-0.4, -0.2) is 23.7 Å². The Hall–Kier alpha value is -1.00. The first-order valence-electron chi connectivity index (χ1n) is 5.87. The molecule has 1 aromatic carbocycles. The van der Waals surface area contributed by atoms with Crippen LogP contribution >= 0.6 is 11.8 Å². The predicted molar refractivity (Wildman–Crippen MR) is 73.0 cm³/mol. The van der Waals surface area contributed by atoms with Gasteiger partial charge in [0, 0.05) is 16.7 Å². The van der Waals surface area contributed by atoms with Gasteiger partial charge < -0.3 is 11.1 Å². The number of nitrogens with one attached hydrogen (secondary N) is 1. The van der Waals surface area contributed by atoms with Crippen molar-refractivity contribution in [3.63, 3.8) is 0 Å². The first-order valence-corrected chi connectivity index (χ1v) is 6.85. The van der Waals surface area contributed by atoms with Crippen LogP contribution in [0.3, 0.4) is 0 Å². The lowest BCUT2D eigenvalue weighted by atomic mass is 10.2. The molecule has 0 aliphatic carbocycles. The lowest BCUT2D eigenvalue weighted by Crippen LogP contribution is -2.44. The molecule has 0 aliphatic rings. The minimum atomic E-state index is -0.439. The van der Waals surface area contributed by atoms with Crippen molar-refractivity contribution in [2.24, 2.45) is 5.73 Å². The lowest BCUT2D eigenvalue weighted by molar-refractivity contribution is -0.122. The summed E-state index contributed by atoms with van der Waals surface area (Å²) in [6.45, 7) is 3.77. The van der Waals surface area contributed by atoms with E-state index >= 15 is 0 Å². The van der Waals surface area contributed by atoms with E-state index in [9.17, 15) is 4.79 Å². The summed E-state index contributed by atoms with van der Waals surface area (Å²) in [6.07, 6.45) is 0.915. The van der Waals surface area contributed by atoms with Gasteiger partial charge in [-0.05, 0) is 25.5 Å². The molecule has 1 aromatic rings. The van der Waals surface area contributed by atoms with Crippen molar-refractivity contribution in [2.75, 3.05) is 5.75 Å². The molecule has 1 rings (SSSR count). The molecule has 3 N–H and O–H groups in total. The van der Waals surface area contributed by atoms with Gasteiger partial charge in [-0.2, -0.15) is 0 Å². The average molecular weight is 252 g/mol. The molecule has 0 radical (unpaired) electrons. The third kappa shape index (κ3) is 5.24. The summed E-state index contributed by atoms with van der Waals surface area (Å²) < 4.78 is 0. The van der Waals surface area contributed by atoms with Gasteiger partial charge in [0.25, 0.3) is 0 Å². The Kier molecular flexibility index (Phi) is 6.08. The number of rotatable bonds is 6. The maximum Gasteiger partial charge on any atom is 0.236 e. The van der Waals surface area contributed by atoms with E-state index in [-0.39, 0.29) is 11.9 Å². The van der Waals surface area contributed by atoms with Crippen LogP contribution in [-0.2, 0) is 4.79 Å². The quantitative estimate of drug-likeness (QED) is 0.762. The molecule has 0 fully saturated rings. The standard InChI is InChI=1S/C13H20N2OS/c1-3-11(15-13(16)10(2)14)9-17-12-7-5-4-6-8-12/h4-8,10-11H,3,9,14H2,1-2H3,(H,15,16). The highest BCUT2D eigenvalue weighted by Gasteiger charge is 2.13. The van der Waals surface area contributed by atoms with Gasteiger partial charge in [0.15, 0.2) is 0 Å². The summed E-state index contributed by atoms with van der Waals surface area (Å²) in [5.41, 5.74) is 5.53. The van der Waals surface area contributed by atoms with Gasteiger partial charge in [-0.25, -0.2) is 0 Å². The normalized spacial score (nSPS) is 14.1. The molecule has 0 aliphatic heterocycles. The van der Waals surface area contributed by atoms with E-state index in [2.05, 4.69) is 24.4 Å². The molecule has 4 heteroatoms. The van der Waals surface area contributed by atoms with E-state index in [4.69, 9.17) is 5.73 Å². The molecule has 1 amide bonds. The number of nitrogens with two attached hydrogens (primary N) is 1. The number of hydrogen-bond acceptors (Lipinski definition) is 3. The first kappa shape index (κ1) is 14.1. The van der Waals surface area contributed by atoms with Crippen LogP contribution < -0.4 is 11.1 Å². The number of hydrogen-bond donors (Lipinski definition) is 2. The topological polar surface area (TPSA) is 55.1 Å². The highest BCUT2D eigenvalue weighted by Crippen LogP contribution is 2.18. The van der Waals surface area contributed by atoms with E-state index in [1.807, 2.05) is 18.2 Å². The van der Waals surface area contributed by atoms with Crippen molar-refractivity contribution < 1.29 is 4.79 Å². The van der Waals surface area contributed by atoms with Crippen LogP contribution in [0.2, 0.25) is 0 Å². The number of carbonyl (C=O) groups is 1. The Bertz CT molecular complexity index is 341. The molecule has 2 atom stereocenters. The molecule has 0 aromatic heterocycles. The molecule has 0 saturated carbocycles. The van der Waals surface area contributed by atoms with E-state index < -0.39 is 6.04 Å². The minimum absolute atomic E-state index is 0.0782. The second-order valence-corrected chi connectivity index (χ2v) is 5.12. The van der Waals surface area contributed by atoms with Gasteiger partial charge in [-0.1, -0.05) is 25.1 Å². The van der Waals surface area contributed by atoms with Crippen molar-refractivity contribution in [1.82, 2.24) is 5.32 Å². The predicted octanol–water partition coefficient (Wildman–Crippen LogP) is 2.02. The fourth-order valence-corrected chi connectivity index (χ4v) is 2.37. The van der Waals surface area contributed by atoms with E-state index in [0.29, 0.717) is 0 Å². The van der Waals surface area contributed by atoms with Crippen molar-refractivity contribution in [2.45, 2.75) is 37.2 Å². The molecule has 0 saturated heterocycles. The molecule has 3 nitrogen and oxygen atoms in total. The van der Waals surface area contributed by atoms with Crippen LogP contribution in [0.25, 0.3) is 0 Å². The van der Waals surface area contributed by atoms with E-state index in [1.54, 1.807) is 18.7 Å². The zero-order chi connectivity index (χ0) is 12.7. The van der Waals surface area contributed by atoms with Gasteiger partial charge in [0.1, 0.15) is 0 Å². The van der Waals surface area contributed by atoms with Gasteiger partial charge in [0.05, 0.1) is 6.04 Å². The molecule has 0 spiro atoms. The first-order chi connectivity index (χ1) is 8.13. The maximum absolute atomic E-state index is 11.5. The number of thioether (sulfide) groups is 1. The van der Waals surface area contributed by atoms with Gasteiger partial charge >= 0.3 is 0 Å². The summed E-state index contributed by atoms with van der Waals surface area (Å²) in [7, 11) is 0. The molecule has 2 unspecified atom stereocenters. The third-order valence-electron chi connectivity index (χ3n) is 2.45. The SMILES string of the molecule is CCC(CSc1ccccc1)NC(=O)C(C)N. The van der Waals surface area contributed by atoms with Crippen molar-refractivity contribution in [3.05, 3.63) is 30.3 Å². The largest absolute Gasteiger partial charge is 0.351 e. The summed E-state index contributed by atoms with van der Waals surface area (Å²) >= 11 is 1.75. The minimum Gasteiger partial charge on any atom is -0.351 e. The number of benzene rings is 1. The molecule has 0 bridgehead atoms. The summed E-state index contributed by atoms with van der Waals surface area (Å²) in [5, 5.41) is 2.95. The van der Waals surface area contributed by atoms with Crippen molar-refractivity contribution in [1.29, 1.82) is 0 Å². The Balaban J connectivity index is 2.40. The summed E-state index contributed by atoms with van der Waals surface area (Å²) in [6, 6.07) is 9.92. The van der Waals surface area contributed by atoms with Crippen LogP contribution in [0, 0.1) is 0 Å². The molecule has 17 heavy (non-hydrogen) atoms. The van der Waals surface area contributed by atoms with Gasteiger partial charge in [-0.15, -0.1) is 11.8 Å². The second-order valence-electron chi connectivity index (χ2n) is 4.03. The Morgan fingerprint density at radius 1 is 1.41 bits per heavy atom. The van der Waals surface area contributed by atoms with Crippen LogP contribution in [0.5, 0.6) is 0 Å². The summed E-state index contributed by atoms with van der Waals surface area (Å²) in [4.78, 5) is 12.7. The summed E-state index contributed by atoms with van der Waals surface area (Å²) in [5.74, 6) is 0.796. The molecular weight excluding hydrogens is 232 g/mol.